The molecule has 0 bridgehead atoms. The molecule has 0 aliphatic carbocycles. The lowest BCUT2D eigenvalue weighted by Gasteiger charge is -2.31. The molecule has 1 fully saturated rings. The minimum Gasteiger partial charge on any atom is -0.378 e. The van der Waals surface area contributed by atoms with Crippen LogP contribution in [0.5, 0.6) is 0 Å². The Bertz CT molecular complexity index is 678. The lowest BCUT2D eigenvalue weighted by molar-refractivity contribution is 0.101. The van der Waals surface area contributed by atoms with Crippen molar-refractivity contribution < 1.29 is 9.53 Å². The average Bonchev–Trinajstić information content (AvgIpc) is 2.94. The molecule has 0 radical (unpaired) electrons. The maximum Gasteiger partial charge on any atom is 0.272 e. The van der Waals surface area contributed by atoms with Gasteiger partial charge in [0.2, 0.25) is 0 Å². The Morgan fingerprint density at radius 2 is 2.00 bits per heavy atom. The van der Waals surface area contributed by atoms with Crippen molar-refractivity contribution in [1.82, 2.24) is 4.57 Å². The molecule has 1 saturated heterocycles. The lowest BCUT2D eigenvalue weighted by atomic mass is 10.2. The molecule has 5 nitrogen and oxygen atoms in total. The number of anilines is 2. The molecule has 0 unspecified atom stereocenters. The summed E-state index contributed by atoms with van der Waals surface area (Å²) in [5, 5.41) is 3.60. The van der Waals surface area contributed by atoms with E-state index >= 15 is 0 Å². The molecule has 2 heterocycles. The minimum atomic E-state index is -0.149. The van der Waals surface area contributed by atoms with Gasteiger partial charge < -0.3 is 19.5 Å². The fourth-order valence-corrected chi connectivity index (χ4v) is 2.90. The number of aryl methyl sites for hydroxylation is 1. The highest BCUT2D eigenvalue weighted by atomic mass is 35.5. The van der Waals surface area contributed by atoms with Gasteiger partial charge in [-0.3, -0.25) is 4.79 Å². The van der Waals surface area contributed by atoms with Gasteiger partial charge in [0.25, 0.3) is 5.91 Å². The number of carbonyl (C=O) groups is 1. The summed E-state index contributed by atoms with van der Waals surface area (Å²) in [4.78, 5) is 14.6. The second kappa shape index (κ2) is 6.42. The zero-order chi connectivity index (χ0) is 15.5. The van der Waals surface area contributed by atoms with E-state index in [1.165, 1.54) is 0 Å². The van der Waals surface area contributed by atoms with Crippen molar-refractivity contribution >= 4 is 28.9 Å². The third kappa shape index (κ3) is 2.96. The van der Waals surface area contributed by atoms with Crippen LogP contribution in [0, 0.1) is 0 Å². The van der Waals surface area contributed by atoms with Gasteiger partial charge in [-0.15, -0.1) is 0 Å². The van der Waals surface area contributed by atoms with Crippen LogP contribution in [0.1, 0.15) is 10.5 Å². The molecule has 2 aromatic rings. The van der Waals surface area contributed by atoms with E-state index in [9.17, 15) is 4.79 Å². The third-order valence-corrected chi connectivity index (χ3v) is 4.04. The van der Waals surface area contributed by atoms with Gasteiger partial charge in [0.1, 0.15) is 5.69 Å². The van der Waals surface area contributed by atoms with Crippen LogP contribution in [0.15, 0.2) is 36.5 Å². The number of morpholine rings is 1. The quantitative estimate of drug-likeness (QED) is 0.946. The second-order valence-corrected chi connectivity index (χ2v) is 5.60. The van der Waals surface area contributed by atoms with E-state index in [0.29, 0.717) is 23.9 Å². The second-order valence-electron chi connectivity index (χ2n) is 5.19. The highest BCUT2D eigenvalue weighted by Gasteiger charge is 2.19. The fraction of sp³-hybridized carbons (Fsp3) is 0.312. The average molecular weight is 320 g/mol. The van der Waals surface area contributed by atoms with Gasteiger partial charge in [0, 0.05) is 26.3 Å². The number of rotatable bonds is 3. The first-order chi connectivity index (χ1) is 10.7. The third-order valence-electron chi connectivity index (χ3n) is 3.74. The maximum absolute atomic E-state index is 12.4. The number of benzene rings is 1. The SMILES string of the molecule is Cn1cccc1C(=O)Nc1cccc(Cl)c1N1CCOCC1. The summed E-state index contributed by atoms with van der Waals surface area (Å²) in [6.07, 6.45) is 1.84. The molecule has 0 saturated carbocycles. The molecule has 1 aliphatic rings. The molecular formula is C16H18ClN3O2. The first-order valence-corrected chi connectivity index (χ1v) is 7.58. The van der Waals surface area contributed by atoms with Crippen LogP contribution in [-0.4, -0.2) is 36.8 Å². The number of amides is 1. The van der Waals surface area contributed by atoms with Gasteiger partial charge in [0.05, 0.1) is 29.6 Å². The summed E-state index contributed by atoms with van der Waals surface area (Å²) in [5.41, 5.74) is 2.18. The predicted molar refractivity (Wildman–Crippen MR) is 87.9 cm³/mol. The highest BCUT2D eigenvalue weighted by Crippen LogP contribution is 2.34. The Kier molecular flexibility index (Phi) is 4.36. The number of halogens is 1. The fourth-order valence-electron chi connectivity index (χ4n) is 2.61. The van der Waals surface area contributed by atoms with E-state index in [0.717, 1.165) is 24.5 Å². The highest BCUT2D eigenvalue weighted by molar-refractivity contribution is 6.34. The van der Waals surface area contributed by atoms with Gasteiger partial charge in [-0.1, -0.05) is 17.7 Å². The number of hydrogen-bond donors (Lipinski definition) is 1. The zero-order valence-electron chi connectivity index (χ0n) is 12.4. The number of nitrogens with zero attached hydrogens (tertiary/aromatic N) is 2. The van der Waals surface area contributed by atoms with E-state index in [4.69, 9.17) is 16.3 Å². The number of para-hydroxylation sites is 1. The van der Waals surface area contributed by atoms with Crippen molar-refractivity contribution in [1.29, 1.82) is 0 Å². The van der Waals surface area contributed by atoms with E-state index in [-0.39, 0.29) is 5.91 Å². The van der Waals surface area contributed by atoms with Crippen molar-refractivity contribution in [2.24, 2.45) is 7.05 Å². The minimum absolute atomic E-state index is 0.149. The largest absolute Gasteiger partial charge is 0.378 e. The molecule has 3 rings (SSSR count). The van der Waals surface area contributed by atoms with E-state index in [1.807, 2.05) is 37.5 Å². The van der Waals surface area contributed by atoms with E-state index < -0.39 is 0 Å². The summed E-state index contributed by atoms with van der Waals surface area (Å²) in [5.74, 6) is -0.149. The Labute approximate surface area is 134 Å². The normalized spacial score (nSPS) is 14.9. The number of hydrogen-bond acceptors (Lipinski definition) is 3. The molecule has 1 aliphatic heterocycles. The van der Waals surface area contributed by atoms with Crippen LogP contribution in [-0.2, 0) is 11.8 Å². The van der Waals surface area contributed by atoms with Crippen molar-refractivity contribution in [3.8, 4) is 0 Å². The first kappa shape index (κ1) is 14.9. The summed E-state index contributed by atoms with van der Waals surface area (Å²) in [7, 11) is 1.84. The molecule has 0 atom stereocenters. The Balaban J connectivity index is 1.88. The molecule has 116 valence electrons. The Morgan fingerprint density at radius 1 is 1.23 bits per heavy atom. The van der Waals surface area contributed by atoms with Crippen LogP contribution in [0.3, 0.4) is 0 Å². The standard InChI is InChI=1S/C16H18ClN3O2/c1-19-7-3-6-14(19)16(21)18-13-5-2-4-12(17)15(13)20-8-10-22-11-9-20/h2-7H,8-11H2,1H3,(H,18,21). The summed E-state index contributed by atoms with van der Waals surface area (Å²) in [6, 6.07) is 9.18. The van der Waals surface area contributed by atoms with Crippen molar-refractivity contribution in [2.45, 2.75) is 0 Å². The van der Waals surface area contributed by atoms with Crippen molar-refractivity contribution in [3.05, 3.63) is 47.2 Å². The first-order valence-electron chi connectivity index (χ1n) is 7.20. The molecule has 1 N–H and O–H groups in total. The van der Waals surface area contributed by atoms with Gasteiger partial charge >= 0.3 is 0 Å². The molecular weight excluding hydrogens is 302 g/mol. The van der Waals surface area contributed by atoms with Crippen molar-refractivity contribution in [2.75, 3.05) is 36.5 Å². The number of ether oxygens (including phenoxy) is 1. The van der Waals surface area contributed by atoms with Crippen LogP contribution in [0.2, 0.25) is 5.02 Å². The van der Waals surface area contributed by atoms with Crippen LogP contribution < -0.4 is 10.2 Å². The molecule has 1 amide bonds. The molecule has 1 aromatic carbocycles. The van der Waals surface area contributed by atoms with Gasteiger partial charge in [-0.2, -0.15) is 0 Å². The van der Waals surface area contributed by atoms with Crippen LogP contribution in [0.25, 0.3) is 0 Å². The molecule has 1 aromatic heterocycles. The topological polar surface area (TPSA) is 46.5 Å². The molecule has 6 heteroatoms. The summed E-state index contributed by atoms with van der Waals surface area (Å²) in [6.45, 7) is 2.85. The van der Waals surface area contributed by atoms with Crippen LogP contribution >= 0.6 is 11.6 Å². The lowest BCUT2D eigenvalue weighted by Crippen LogP contribution is -2.37. The number of carbonyl (C=O) groups excluding carboxylic acids is 1. The van der Waals surface area contributed by atoms with E-state index in [1.54, 1.807) is 10.6 Å². The Hall–Kier alpha value is -1.98. The number of aromatic nitrogens is 1. The van der Waals surface area contributed by atoms with Gasteiger partial charge in [0.15, 0.2) is 0 Å². The monoisotopic (exact) mass is 319 g/mol. The number of nitrogens with one attached hydrogen (secondary N) is 1. The van der Waals surface area contributed by atoms with Gasteiger partial charge in [-0.05, 0) is 24.3 Å². The van der Waals surface area contributed by atoms with Crippen molar-refractivity contribution in [3.63, 3.8) is 0 Å². The van der Waals surface area contributed by atoms with Crippen LogP contribution in [0.4, 0.5) is 11.4 Å². The predicted octanol–water partition coefficient (Wildman–Crippen LogP) is 2.77. The molecule has 22 heavy (non-hydrogen) atoms. The Morgan fingerprint density at radius 3 is 2.68 bits per heavy atom. The summed E-state index contributed by atoms with van der Waals surface area (Å²) < 4.78 is 7.17. The smallest absolute Gasteiger partial charge is 0.272 e. The maximum atomic E-state index is 12.4. The van der Waals surface area contributed by atoms with Gasteiger partial charge in [-0.25, -0.2) is 0 Å². The zero-order valence-corrected chi connectivity index (χ0v) is 13.1. The summed E-state index contributed by atoms with van der Waals surface area (Å²) >= 11 is 6.36. The molecule has 0 spiro atoms. The van der Waals surface area contributed by atoms with E-state index in [2.05, 4.69) is 10.2 Å².